The number of benzene rings is 1. The van der Waals surface area contributed by atoms with Crippen molar-refractivity contribution in [3.63, 3.8) is 0 Å². The largest absolute Gasteiger partial charge is 0.444 e. The highest BCUT2D eigenvalue weighted by Crippen LogP contribution is 2.46. The van der Waals surface area contributed by atoms with Crippen LogP contribution in [-0.4, -0.2) is 125 Å². The fraction of sp³-hybridized carbons (Fsp3) is 0.442. The van der Waals surface area contributed by atoms with Crippen molar-refractivity contribution in [3.05, 3.63) is 106 Å². The topological polar surface area (TPSA) is 225 Å². The first-order chi connectivity index (χ1) is 30.3. The average Bonchev–Trinajstić information content (AvgIpc) is 4.12. The second-order valence-corrected chi connectivity index (χ2v) is 18.5. The monoisotopic (exact) mass is 923 g/mol. The molecule has 0 bridgehead atoms. The number of nitrogens with zero attached hydrogens (tertiary/aromatic N) is 5. The number of halogens is 1. The van der Waals surface area contributed by atoms with Gasteiger partial charge >= 0.3 is 18.2 Å². The predicted octanol–water partition coefficient (Wildman–Crippen LogP) is 2.25. The van der Waals surface area contributed by atoms with E-state index in [0.29, 0.717) is 36.6 Å². The van der Waals surface area contributed by atoms with Crippen molar-refractivity contribution in [2.24, 2.45) is 0 Å². The molecule has 7 N–H and O–H groups in total. The summed E-state index contributed by atoms with van der Waals surface area (Å²) in [5, 5.41) is 28.6. The van der Waals surface area contributed by atoms with Crippen molar-refractivity contribution in [1.29, 1.82) is 0 Å². The van der Waals surface area contributed by atoms with Gasteiger partial charge in [0.25, 0.3) is 17.7 Å². The number of likely N-dealkylation sites (N-methyl/N-ethyl adjacent to an activating group) is 1. The number of fused-ring (bicyclic) bond motifs is 15. The van der Waals surface area contributed by atoms with Crippen LogP contribution in [0.2, 0.25) is 0 Å². The summed E-state index contributed by atoms with van der Waals surface area (Å²) in [5.41, 5.74) is 3.04. The van der Waals surface area contributed by atoms with Gasteiger partial charge in [-0.1, -0.05) is 29.8 Å². The first-order valence-electron chi connectivity index (χ1n) is 21.4. The molecule has 328 valence electrons. The Bertz CT molecular complexity index is 2590. The zero-order chi connectivity index (χ0) is 43.6. The Morgan fingerprint density at radius 2 is 1.32 bits per heavy atom. The van der Waals surface area contributed by atoms with Crippen LogP contribution in [0.3, 0.4) is 0 Å². The van der Waals surface area contributed by atoms with Crippen LogP contribution in [0.15, 0.2) is 77.7 Å². The molecular weight excluding hydrogens is 878 g/mol. The molecule has 3 saturated carbocycles. The minimum atomic E-state index is -1.24. The SMILES string of the molecule is CCN1C(=O)N[C@H]2[C@@H]3NC(=O)c4cccn4[C@@H]3C[C@]21O.Cc1ccc(CN2C(=O)N[C@H]3[C@@H]4NC(=O)c5ccc(Br)n5[C@@H]4C[C@H]32)cc1.O=C1N[C@H]2[C@@H]3NC(=O)c4cccn4[C@@H]3C[C@H]2O1. The van der Waals surface area contributed by atoms with Crippen LogP contribution < -0.4 is 31.9 Å². The van der Waals surface area contributed by atoms with E-state index in [2.05, 4.69) is 83.6 Å². The van der Waals surface area contributed by atoms with Crippen LogP contribution in [0.1, 0.15) is 86.9 Å². The number of carbonyl (C=O) groups is 6. The number of nitrogens with one attached hydrogen (secondary N) is 6. The molecule has 6 aliphatic heterocycles. The minimum Gasteiger partial charge on any atom is -0.444 e. The molecule has 8 amide bonds. The number of amides is 8. The lowest BCUT2D eigenvalue weighted by Gasteiger charge is -2.32. The van der Waals surface area contributed by atoms with Crippen LogP contribution in [-0.2, 0) is 11.3 Å². The van der Waals surface area contributed by atoms with Gasteiger partial charge in [-0.3, -0.25) is 19.3 Å². The number of aromatic nitrogens is 3. The lowest BCUT2D eigenvalue weighted by atomic mass is 10.1. The summed E-state index contributed by atoms with van der Waals surface area (Å²) < 4.78 is 12.1. The quantitative estimate of drug-likeness (QED) is 0.161. The second-order valence-electron chi connectivity index (χ2n) is 17.7. The Labute approximate surface area is 369 Å². The van der Waals surface area contributed by atoms with Gasteiger partial charge in [-0.25, -0.2) is 14.4 Å². The van der Waals surface area contributed by atoms with E-state index in [1.807, 2.05) is 57.6 Å². The standard InChI is InChI=1S/C19H19BrN4O2.C13H16N4O3.C11H11N3O3/c1-10-2-4-11(5-3-10)9-23-13-8-14-17(16(13)22-19(23)26)21-18(25)12-6-7-15(20)24(12)14;1-2-17-12(19)15-10-9-8(6-13(10,17)20)16-5-3-4-7(16)11(18)14-9;15-10-5-2-1-3-14(5)6-4-7-9(8(6)12-10)13-11(16)17-7/h2-7,13-14,16-17H,8-9H2,1H3,(H,21,25)(H,22,26);3-5,8-10,20H,2,6H2,1H3,(H,14,18)(H,15,19);1-3,6-9H,4H2,(H,12,15)(H,13,16)/t13-,14-,16-,17-;8-,9-,10+,13+;6-,7-,8-,9-/m111/s1. The number of rotatable bonds is 3. The van der Waals surface area contributed by atoms with Gasteiger partial charge in [-0.2, -0.15) is 0 Å². The van der Waals surface area contributed by atoms with E-state index in [1.54, 1.807) is 12.1 Å². The van der Waals surface area contributed by atoms with Crippen molar-refractivity contribution in [3.8, 4) is 0 Å². The van der Waals surface area contributed by atoms with Gasteiger partial charge in [0, 0.05) is 38.3 Å². The van der Waals surface area contributed by atoms with E-state index in [1.165, 1.54) is 10.5 Å². The molecule has 3 aromatic heterocycles. The average molecular weight is 925 g/mol. The molecule has 19 nitrogen and oxygen atoms in total. The lowest BCUT2D eigenvalue weighted by molar-refractivity contribution is -0.0655. The number of hydrogen-bond donors (Lipinski definition) is 7. The number of ether oxygens (including phenoxy) is 1. The summed E-state index contributed by atoms with van der Waals surface area (Å²) in [6.45, 7) is 4.91. The van der Waals surface area contributed by atoms with Crippen molar-refractivity contribution >= 4 is 51.8 Å². The molecule has 0 unspecified atom stereocenters. The van der Waals surface area contributed by atoms with Gasteiger partial charge in [-0.05, 0) is 78.2 Å². The third kappa shape index (κ3) is 6.00. The second kappa shape index (κ2) is 14.4. The first kappa shape index (κ1) is 39.6. The number of alkyl carbamates (subject to hydrolysis) is 1. The molecule has 1 aromatic carbocycles. The van der Waals surface area contributed by atoms with E-state index < -0.39 is 11.8 Å². The highest BCUT2D eigenvalue weighted by molar-refractivity contribution is 9.10. The fourth-order valence-electron chi connectivity index (χ4n) is 11.7. The summed E-state index contributed by atoms with van der Waals surface area (Å²) in [4.78, 5) is 75.4. The van der Waals surface area contributed by atoms with E-state index in [-0.39, 0.29) is 96.4 Å². The Hall–Kier alpha value is -6.28. The molecule has 9 aliphatic rings. The van der Waals surface area contributed by atoms with Gasteiger partial charge in [-0.15, -0.1) is 0 Å². The Morgan fingerprint density at radius 3 is 2.02 bits per heavy atom. The number of carbonyl (C=O) groups excluding carboxylic acids is 6. The van der Waals surface area contributed by atoms with Crippen molar-refractivity contribution in [2.45, 2.75) is 112 Å². The molecule has 4 aromatic rings. The summed E-state index contributed by atoms with van der Waals surface area (Å²) in [6, 6.07) is 18.2. The molecule has 9 heterocycles. The number of aryl methyl sites for hydroxylation is 1. The molecule has 3 saturated heterocycles. The summed E-state index contributed by atoms with van der Waals surface area (Å²) in [7, 11) is 0. The van der Waals surface area contributed by atoms with E-state index in [4.69, 9.17) is 4.74 Å². The maximum absolute atomic E-state index is 12.6. The van der Waals surface area contributed by atoms with Crippen molar-refractivity contribution in [1.82, 2.24) is 55.4 Å². The van der Waals surface area contributed by atoms with Crippen molar-refractivity contribution < 1.29 is 38.6 Å². The summed E-state index contributed by atoms with van der Waals surface area (Å²) in [5.74, 6) is -0.327. The lowest BCUT2D eigenvalue weighted by Crippen LogP contribution is -2.56. The molecule has 20 heteroatoms. The first-order valence-corrected chi connectivity index (χ1v) is 22.2. The summed E-state index contributed by atoms with van der Waals surface area (Å²) in [6.07, 6.45) is 5.23. The number of urea groups is 2. The van der Waals surface area contributed by atoms with Gasteiger partial charge in [0.2, 0.25) is 0 Å². The molecule has 0 spiro atoms. The van der Waals surface area contributed by atoms with Crippen LogP contribution >= 0.6 is 15.9 Å². The van der Waals surface area contributed by atoms with Crippen LogP contribution in [0, 0.1) is 6.92 Å². The number of aliphatic hydroxyl groups is 1. The Balaban J connectivity index is 0.000000108. The number of hydrogen-bond acceptors (Lipinski definition) is 8. The predicted molar refractivity (Wildman–Crippen MR) is 225 cm³/mol. The maximum atomic E-state index is 12.6. The van der Waals surface area contributed by atoms with Gasteiger partial charge < -0.3 is 60.3 Å². The zero-order valence-corrected chi connectivity index (χ0v) is 35.8. The third-order valence-electron chi connectivity index (χ3n) is 14.5. The van der Waals surface area contributed by atoms with Crippen molar-refractivity contribution in [2.75, 3.05) is 6.54 Å². The van der Waals surface area contributed by atoms with Crippen LogP contribution in [0.25, 0.3) is 0 Å². The Kier molecular flexibility index (Phi) is 9.03. The molecule has 13 rings (SSSR count). The Morgan fingerprint density at radius 1 is 0.683 bits per heavy atom. The van der Waals surface area contributed by atoms with E-state index >= 15 is 0 Å². The highest BCUT2D eigenvalue weighted by Gasteiger charge is 2.64. The van der Waals surface area contributed by atoms with E-state index in [0.717, 1.165) is 23.0 Å². The van der Waals surface area contributed by atoms with E-state index in [9.17, 15) is 33.9 Å². The normalized spacial score (nSPS) is 34.3. The molecule has 0 radical (unpaired) electrons. The van der Waals surface area contributed by atoms with Crippen LogP contribution in [0.4, 0.5) is 14.4 Å². The van der Waals surface area contributed by atoms with Gasteiger partial charge in [0.15, 0.2) is 5.72 Å². The fourth-order valence-corrected chi connectivity index (χ4v) is 12.3. The molecular formula is C43H46BrN11O8. The molecule has 6 fully saturated rings. The van der Waals surface area contributed by atoms with Gasteiger partial charge in [0.05, 0.1) is 59.0 Å². The highest BCUT2D eigenvalue weighted by atomic mass is 79.9. The summed E-state index contributed by atoms with van der Waals surface area (Å²) >= 11 is 3.57. The van der Waals surface area contributed by atoms with Gasteiger partial charge in [0.1, 0.15) is 29.2 Å². The zero-order valence-electron chi connectivity index (χ0n) is 34.2. The molecule has 3 aliphatic carbocycles. The maximum Gasteiger partial charge on any atom is 0.407 e. The third-order valence-corrected chi connectivity index (χ3v) is 15.1. The molecule has 12 atom stereocenters. The smallest absolute Gasteiger partial charge is 0.407 e. The van der Waals surface area contributed by atoms with Crippen LogP contribution in [0.5, 0.6) is 0 Å². The molecule has 63 heavy (non-hydrogen) atoms. The minimum absolute atomic E-state index is 0.0395.